The third-order valence-corrected chi connectivity index (χ3v) is 4.70. The van der Waals surface area contributed by atoms with E-state index >= 15 is 0 Å². The molecular formula is C20H27N3O2. The van der Waals surface area contributed by atoms with Crippen LogP contribution in [0.3, 0.4) is 0 Å². The highest BCUT2D eigenvalue weighted by atomic mass is 16.2. The lowest BCUT2D eigenvalue weighted by atomic mass is 10.2. The second kappa shape index (κ2) is 8.19. The normalized spacial score (nSPS) is 20.3. The molecule has 25 heavy (non-hydrogen) atoms. The molecule has 2 aliphatic rings. The molecular weight excluding hydrogens is 314 g/mol. The van der Waals surface area contributed by atoms with Crippen molar-refractivity contribution in [1.82, 2.24) is 15.1 Å². The van der Waals surface area contributed by atoms with Crippen LogP contribution in [0.1, 0.15) is 38.2 Å². The van der Waals surface area contributed by atoms with Crippen LogP contribution in [-0.2, 0) is 4.79 Å². The van der Waals surface area contributed by atoms with Crippen LogP contribution in [0.4, 0.5) is 4.79 Å². The average molecular weight is 341 g/mol. The van der Waals surface area contributed by atoms with Crippen LogP contribution in [0.2, 0.25) is 0 Å². The van der Waals surface area contributed by atoms with Gasteiger partial charge in [0.25, 0.3) is 0 Å². The van der Waals surface area contributed by atoms with Crippen LogP contribution in [0, 0.1) is 0 Å². The van der Waals surface area contributed by atoms with Crippen molar-refractivity contribution in [2.45, 2.75) is 44.7 Å². The zero-order chi connectivity index (χ0) is 17.6. The third-order valence-electron chi connectivity index (χ3n) is 4.70. The van der Waals surface area contributed by atoms with Crippen LogP contribution >= 0.6 is 0 Å². The van der Waals surface area contributed by atoms with Gasteiger partial charge in [0.15, 0.2) is 0 Å². The lowest BCUT2D eigenvalue weighted by molar-refractivity contribution is -0.127. The Morgan fingerprint density at radius 3 is 2.76 bits per heavy atom. The van der Waals surface area contributed by atoms with Crippen molar-refractivity contribution in [3.05, 3.63) is 42.0 Å². The van der Waals surface area contributed by atoms with E-state index in [0.29, 0.717) is 25.6 Å². The van der Waals surface area contributed by atoms with Crippen LogP contribution in [0.15, 0.2) is 36.4 Å². The molecule has 1 aliphatic carbocycles. The smallest absolute Gasteiger partial charge is 0.318 e. The molecule has 5 heteroatoms. The predicted molar refractivity (Wildman–Crippen MR) is 99.0 cm³/mol. The first-order chi connectivity index (χ1) is 12.2. The topological polar surface area (TPSA) is 52.7 Å². The van der Waals surface area contributed by atoms with E-state index in [1.165, 1.54) is 0 Å². The minimum absolute atomic E-state index is 0.0450. The van der Waals surface area contributed by atoms with Gasteiger partial charge in [-0.15, -0.1) is 0 Å². The standard InChI is InChI=1S/C20H27N3O2/c1-2-12-22-15-17(14-19(22)24)21-20(25)23(18-10-11-18)13-6-9-16-7-4-3-5-8-16/h3-9,17-18H,2,10-15H2,1H3,(H,21,25). The first kappa shape index (κ1) is 17.5. The Kier molecular flexibility index (Phi) is 5.74. The Balaban J connectivity index is 1.53. The molecule has 1 heterocycles. The van der Waals surface area contributed by atoms with Crippen molar-refractivity contribution in [2.75, 3.05) is 19.6 Å². The van der Waals surface area contributed by atoms with Crippen molar-refractivity contribution in [3.8, 4) is 0 Å². The Bertz CT molecular complexity index is 625. The van der Waals surface area contributed by atoms with Crippen molar-refractivity contribution in [1.29, 1.82) is 0 Å². The molecule has 1 unspecified atom stereocenters. The fraction of sp³-hybridized carbons (Fsp3) is 0.500. The first-order valence-corrected chi connectivity index (χ1v) is 9.24. The molecule has 0 aromatic heterocycles. The summed E-state index contributed by atoms with van der Waals surface area (Å²) in [5, 5.41) is 3.06. The van der Waals surface area contributed by atoms with Crippen molar-refractivity contribution in [2.24, 2.45) is 0 Å². The Morgan fingerprint density at radius 1 is 1.32 bits per heavy atom. The lowest BCUT2D eigenvalue weighted by Gasteiger charge is -2.24. The van der Waals surface area contributed by atoms with Gasteiger partial charge in [0.05, 0.1) is 6.04 Å². The number of nitrogens with zero attached hydrogens (tertiary/aromatic N) is 2. The molecule has 1 saturated heterocycles. The molecule has 1 N–H and O–H groups in total. The van der Waals surface area contributed by atoms with Crippen LogP contribution < -0.4 is 5.32 Å². The Morgan fingerprint density at radius 2 is 2.08 bits per heavy atom. The largest absolute Gasteiger partial charge is 0.341 e. The summed E-state index contributed by atoms with van der Waals surface area (Å²) in [5.74, 6) is 0.147. The van der Waals surface area contributed by atoms with E-state index in [-0.39, 0.29) is 18.0 Å². The van der Waals surface area contributed by atoms with Crippen LogP contribution in [-0.4, -0.2) is 53.5 Å². The van der Waals surface area contributed by atoms with E-state index < -0.39 is 0 Å². The Hall–Kier alpha value is -2.30. The molecule has 1 atom stereocenters. The van der Waals surface area contributed by atoms with Gasteiger partial charge in [0, 0.05) is 32.1 Å². The summed E-state index contributed by atoms with van der Waals surface area (Å²) < 4.78 is 0. The number of nitrogens with one attached hydrogen (secondary N) is 1. The fourth-order valence-electron chi connectivity index (χ4n) is 3.26. The van der Waals surface area contributed by atoms with Crippen molar-refractivity contribution in [3.63, 3.8) is 0 Å². The van der Waals surface area contributed by atoms with Crippen molar-refractivity contribution >= 4 is 18.0 Å². The molecule has 5 nitrogen and oxygen atoms in total. The molecule has 0 bridgehead atoms. The summed E-state index contributed by atoms with van der Waals surface area (Å²) in [6, 6.07) is 10.3. The van der Waals surface area contributed by atoms with Gasteiger partial charge >= 0.3 is 6.03 Å². The van der Waals surface area contributed by atoms with E-state index in [1.807, 2.05) is 52.3 Å². The van der Waals surface area contributed by atoms with Gasteiger partial charge < -0.3 is 15.1 Å². The van der Waals surface area contributed by atoms with Crippen LogP contribution in [0.25, 0.3) is 6.08 Å². The SMILES string of the molecule is CCCN1CC(NC(=O)N(CC=Cc2ccccc2)C2CC2)CC1=O. The monoisotopic (exact) mass is 341 g/mol. The fourth-order valence-corrected chi connectivity index (χ4v) is 3.26. The van der Waals surface area contributed by atoms with E-state index in [4.69, 9.17) is 0 Å². The highest BCUT2D eigenvalue weighted by Gasteiger charge is 2.35. The third kappa shape index (κ3) is 4.84. The number of carbonyl (C=O) groups is 2. The quantitative estimate of drug-likeness (QED) is 0.829. The summed E-state index contributed by atoms with van der Waals surface area (Å²) in [6.07, 6.45) is 7.59. The maximum absolute atomic E-state index is 12.6. The predicted octanol–water partition coefficient (Wildman–Crippen LogP) is 2.88. The number of hydrogen-bond acceptors (Lipinski definition) is 2. The molecule has 2 fully saturated rings. The molecule has 134 valence electrons. The zero-order valence-corrected chi connectivity index (χ0v) is 14.9. The number of carbonyl (C=O) groups excluding carboxylic acids is 2. The molecule has 0 spiro atoms. The number of likely N-dealkylation sites (tertiary alicyclic amines) is 1. The number of hydrogen-bond donors (Lipinski definition) is 1. The van der Waals surface area contributed by atoms with Gasteiger partial charge in [-0.3, -0.25) is 4.79 Å². The summed E-state index contributed by atoms with van der Waals surface area (Å²) in [6.45, 7) is 4.08. The zero-order valence-electron chi connectivity index (χ0n) is 14.9. The second-order valence-corrected chi connectivity index (χ2v) is 6.89. The highest BCUT2D eigenvalue weighted by molar-refractivity contribution is 5.82. The van der Waals surface area contributed by atoms with Gasteiger partial charge in [0.2, 0.25) is 5.91 Å². The lowest BCUT2D eigenvalue weighted by Crippen LogP contribution is -2.46. The Labute approximate surface area is 149 Å². The maximum atomic E-state index is 12.6. The average Bonchev–Trinajstić information content (AvgIpc) is 3.38. The van der Waals surface area contributed by atoms with Gasteiger partial charge in [-0.2, -0.15) is 0 Å². The summed E-state index contributed by atoms with van der Waals surface area (Å²) in [5.41, 5.74) is 1.13. The molecule has 3 amide bonds. The number of rotatable bonds is 7. The van der Waals surface area contributed by atoms with Crippen LogP contribution in [0.5, 0.6) is 0 Å². The summed E-state index contributed by atoms with van der Waals surface area (Å²) in [7, 11) is 0. The van der Waals surface area contributed by atoms with E-state index in [2.05, 4.69) is 12.2 Å². The molecule has 1 saturated carbocycles. The van der Waals surface area contributed by atoms with E-state index in [9.17, 15) is 9.59 Å². The molecule has 0 radical (unpaired) electrons. The van der Waals surface area contributed by atoms with Crippen molar-refractivity contribution < 1.29 is 9.59 Å². The molecule has 3 rings (SSSR count). The minimum Gasteiger partial charge on any atom is -0.341 e. The van der Waals surface area contributed by atoms with Gasteiger partial charge in [-0.25, -0.2) is 4.79 Å². The van der Waals surface area contributed by atoms with Gasteiger partial charge in [-0.1, -0.05) is 49.4 Å². The molecule has 1 aliphatic heterocycles. The second-order valence-electron chi connectivity index (χ2n) is 6.89. The van der Waals surface area contributed by atoms with Gasteiger partial charge in [-0.05, 0) is 24.8 Å². The number of amides is 3. The van der Waals surface area contributed by atoms with E-state index in [0.717, 1.165) is 31.4 Å². The molecule has 1 aromatic carbocycles. The minimum atomic E-state index is -0.0640. The summed E-state index contributed by atoms with van der Waals surface area (Å²) >= 11 is 0. The number of benzene rings is 1. The number of urea groups is 1. The van der Waals surface area contributed by atoms with E-state index in [1.54, 1.807) is 0 Å². The highest BCUT2D eigenvalue weighted by Crippen LogP contribution is 2.27. The maximum Gasteiger partial charge on any atom is 0.318 e. The molecule has 1 aromatic rings. The summed E-state index contributed by atoms with van der Waals surface area (Å²) in [4.78, 5) is 28.3. The van der Waals surface area contributed by atoms with Gasteiger partial charge in [0.1, 0.15) is 0 Å². The first-order valence-electron chi connectivity index (χ1n) is 9.24.